The van der Waals surface area contributed by atoms with Gasteiger partial charge in [-0.05, 0) is 16.5 Å². The molecule has 0 aliphatic carbocycles. The Morgan fingerprint density at radius 3 is 2.56 bits per heavy atom. The van der Waals surface area contributed by atoms with Gasteiger partial charge in [0.25, 0.3) is 0 Å². The Balaban J connectivity index is 3.31. The maximum absolute atomic E-state index is 10.4. The molecule has 3 N–H and O–H groups in total. The molecule has 0 radical (unpaired) electrons. The van der Waals surface area contributed by atoms with Gasteiger partial charge in [0.1, 0.15) is 5.82 Å². The second-order valence-corrected chi connectivity index (χ2v) is 2.29. The molecule has 0 amide bonds. The van der Waals surface area contributed by atoms with E-state index in [1.165, 1.54) is 0 Å². The van der Waals surface area contributed by atoms with Crippen molar-refractivity contribution in [1.29, 1.82) is 0 Å². The zero-order chi connectivity index (χ0) is 6.85. The summed E-state index contributed by atoms with van der Waals surface area (Å²) in [7, 11) is 0. The predicted molar refractivity (Wildman–Crippen MR) is 34.8 cm³/mol. The third kappa shape index (κ3) is 0.968. The molecular formula is C3H3N3O2S. The van der Waals surface area contributed by atoms with Gasteiger partial charge in [-0.3, -0.25) is 9.78 Å². The van der Waals surface area contributed by atoms with Gasteiger partial charge in [-0.25, -0.2) is 0 Å². The fourth-order valence-corrected chi connectivity index (χ4v) is 0.934. The van der Waals surface area contributed by atoms with Crippen LogP contribution in [0.4, 0.5) is 10.8 Å². The molecular weight excluding hydrogens is 142 g/mol. The lowest BCUT2D eigenvalue weighted by Crippen LogP contribution is -1.94. The summed E-state index contributed by atoms with van der Waals surface area (Å²) in [5.74, 6) is 0.0417. The molecule has 48 valence electrons. The first-order valence-electron chi connectivity index (χ1n) is 2.06. The van der Waals surface area contributed by atoms with Gasteiger partial charge in [-0.2, -0.15) is 0 Å². The van der Waals surface area contributed by atoms with Gasteiger partial charge < -0.3 is 5.73 Å². The van der Waals surface area contributed by atoms with E-state index in [2.05, 4.69) is 10.2 Å². The van der Waals surface area contributed by atoms with Gasteiger partial charge in [-0.1, -0.05) is 0 Å². The summed E-state index contributed by atoms with van der Waals surface area (Å²) >= 11 is 0.699. The van der Waals surface area contributed by atoms with Crippen molar-refractivity contribution < 1.29 is 0 Å². The van der Waals surface area contributed by atoms with Crippen LogP contribution in [-0.2, 0) is 0 Å². The molecule has 0 saturated carbocycles. The smallest absolute Gasteiger partial charge is 0.308 e. The summed E-state index contributed by atoms with van der Waals surface area (Å²) < 4.78 is 0. The molecule has 5 nitrogen and oxygen atoms in total. The average molecular weight is 145 g/mol. The molecule has 1 heterocycles. The van der Waals surface area contributed by atoms with E-state index in [4.69, 9.17) is 5.73 Å². The van der Waals surface area contributed by atoms with Crippen LogP contribution in [0.3, 0.4) is 0 Å². The molecule has 0 atom stereocenters. The number of H-pyrrole nitrogens is 1. The lowest BCUT2D eigenvalue weighted by molar-refractivity contribution is 1.34. The molecule has 0 bridgehead atoms. The summed E-state index contributed by atoms with van der Waals surface area (Å²) in [6.07, 6.45) is 0. The zero-order valence-electron chi connectivity index (χ0n) is 4.25. The minimum absolute atomic E-state index is 0.0139. The number of nitrogen functional groups attached to an aromatic ring is 1. The van der Waals surface area contributed by atoms with Crippen LogP contribution in [0.15, 0.2) is 9.97 Å². The predicted octanol–water partition coefficient (Wildman–Crippen LogP) is 0.417. The van der Waals surface area contributed by atoms with E-state index >= 15 is 0 Å². The SMILES string of the molecule is Nc1[nH]c(=O)sc1N=O. The molecule has 0 aliphatic heterocycles. The maximum atomic E-state index is 10.4. The molecule has 0 unspecified atom stereocenters. The molecule has 0 aliphatic rings. The van der Waals surface area contributed by atoms with Crippen molar-refractivity contribution in [2.24, 2.45) is 5.18 Å². The van der Waals surface area contributed by atoms with Crippen LogP contribution < -0.4 is 10.6 Å². The first kappa shape index (κ1) is 5.96. The van der Waals surface area contributed by atoms with E-state index in [-0.39, 0.29) is 15.7 Å². The summed E-state index contributed by atoms with van der Waals surface area (Å²) in [5.41, 5.74) is 5.11. The average Bonchev–Trinajstić information content (AvgIpc) is 2.10. The molecule has 6 heteroatoms. The summed E-state index contributed by atoms with van der Waals surface area (Å²) in [6.45, 7) is 0. The number of hydrogen-bond acceptors (Lipinski definition) is 5. The number of thiazole rings is 1. The van der Waals surface area contributed by atoms with Crippen LogP contribution >= 0.6 is 11.3 Å². The first-order chi connectivity index (χ1) is 4.24. The van der Waals surface area contributed by atoms with Crippen molar-refractivity contribution in [3.63, 3.8) is 0 Å². The van der Waals surface area contributed by atoms with E-state index in [9.17, 15) is 9.70 Å². The second-order valence-electron chi connectivity index (χ2n) is 1.32. The normalized spacial score (nSPS) is 9.33. The quantitative estimate of drug-likeness (QED) is 0.561. The van der Waals surface area contributed by atoms with Crippen LogP contribution in [-0.4, -0.2) is 4.98 Å². The lowest BCUT2D eigenvalue weighted by Gasteiger charge is -1.77. The molecule has 9 heavy (non-hydrogen) atoms. The Hall–Kier alpha value is -1.17. The fourth-order valence-electron chi connectivity index (χ4n) is 0.400. The third-order valence-corrected chi connectivity index (χ3v) is 1.51. The Kier molecular flexibility index (Phi) is 1.31. The number of aromatic nitrogens is 1. The second kappa shape index (κ2) is 1.98. The van der Waals surface area contributed by atoms with Gasteiger partial charge in [0, 0.05) is 0 Å². The van der Waals surface area contributed by atoms with Gasteiger partial charge in [0.2, 0.25) is 5.00 Å². The van der Waals surface area contributed by atoms with Crippen molar-refractivity contribution in [3.8, 4) is 0 Å². The van der Waals surface area contributed by atoms with Crippen LogP contribution in [0.2, 0.25) is 0 Å². The fraction of sp³-hybridized carbons (Fsp3) is 0. The van der Waals surface area contributed by atoms with Crippen molar-refractivity contribution in [2.45, 2.75) is 0 Å². The molecule has 1 aromatic heterocycles. The van der Waals surface area contributed by atoms with E-state index in [1.54, 1.807) is 0 Å². The highest BCUT2D eigenvalue weighted by atomic mass is 32.1. The molecule has 0 spiro atoms. The Labute approximate surface area is 53.5 Å². The minimum atomic E-state index is -0.359. The lowest BCUT2D eigenvalue weighted by atomic mass is 10.7. The standard InChI is InChI=1S/C3H3N3O2S/c4-1-2(6-8)9-3(7)5-1/h4H2,(H,5,7). The Morgan fingerprint density at radius 2 is 2.33 bits per heavy atom. The minimum Gasteiger partial charge on any atom is -0.383 e. The number of rotatable bonds is 1. The van der Waals surface area contributed by atoms with E-state index in [1.807, 2.05) is 0 Å². The van der Waals surface area contributed by atoms with Crippen molar-refractivity contribution in [2.75, 3.05) is 5.73 Å². The Bertz CT molecular complexity index is 275. The van der Waals surface area contributed by atoms with Crippen LogP contribution in [0, 0.1) is 4.91 Å². The van der Waals surface area contributed by atoms with Gasteiger partial charge in [0.05, 0.1) is 0 Å². The third-order valence-electron chi connectivity index (χ3n) is 0.739. The highest BCUT2D eigenvalue weighted by molar-refractivity contribution is 7.13. The van der Waals surface area contributed by atoms with Crippen LogP contribution in [0.1, 0.15) is 0 Å². The molecule has 0 saturated heterocycles. The van der Waals surface area contributed by atoms with Crippen molar-refractivity contribution in [1.82, 2.24) is 4.98 Å². The highest BCUT2D eigenvalue weighted by Gasteiger charge is 2.01. The number of nitrogens with two attached hydrogens (primary N) is 1. The topological polar surface area (TPSA) is 88.3 Å². The van der Waals surface area contributed by atoms with Crippen LogP contribution in [0.25, 0.3) is 0 Å². The van der Waals surface area contributed by atoms with Crippen LogP contribution in [0.5, 0.6) is 0 Å². The van der Waals surface area contributed by atoms with Gasteiger partial charge >= 0.3 is 4.87 Å². The van der Waals surface area contributed by atoms with E-state index in [0.717, 1.165) is 0 Å². The summed E-state index contributed by atoms with van der Waals surface area (Å²) in [6, 6.07) is 0. The largest absolute Gasteiger partial charge is 0.383 e. The van der Waals surface area contributed by atoms with E-state index < -0.39 is 0 Å². The van der Waals surface area contributed by atoms with E-state index in [0.29, 0.717) is 11.3 Å². The number of aromatic amines is 1. The number of nitrogens with zero attached hydrogens (tertiary/aromatic N) is 1. The number of hydrogen-bond donors (Lipinski definition) is 2. The van der Waals surface area contributed by atoms with Crippen molar-refractivity contribution >= 4 is 22.2 Å². The zero-order valence-corrected chi connectivity index (χ0v) is 5.07. The molecule has 0 aromatic carbocycles. The van der Waals surface area contributed by atoms with Crippen molar-refractivity contribution in [3.05, 3.63) is 14.6 Å². The van der Waals surface area contributed by atoms with Gasteiger partial charge in [-0.15, -0.1) is 4.91 Å². The number of anilines is 1. The number of nitroso groups, excluding NO2 is 1. The number of nitrogens with one attached hydrogen (secondary N) is 1. The summed E-state index contributed by atoms with van der Waals surface area (Å²) in [4.78, 5) is 22.0. The van der Waals surface area contributed by atoms with Gasteiger partial charge in [0.15, 0.2) is 0 Å². The Morgan fingerprint density at radius 1 is 1.67 bits per heavy atom. The molecule has 1 rings (SSSR count). The monoisotopic (exact) mass is 145 g/mol. The highest BCUT2D eigenvalue weighted by Crippen LogP contribution is 2.20. The first-order valence-corrected chi connectivity index (χ1v) is 2.87. The summed E-state index contributed by atoms with van der Waals surface area (Å²) in [5, 5.41) is 2.52. The molecule has 1 aromatic rings. The maximum Gasteiger partial charge on any atom is 0.308 e. The molecule has 0 fully saturated rings.